The zero-order valence-electron chi connectivity index (χ0n) is 16.2. The predicted molar refractivity (Wildman–Crippen MR) is 102 cm³/mol. The summed E-state index contributed by atoms with van der Waals surface area (Å²) in [5.74, 6) is 0.284. The molecule has 1 atom stereocenters. The Morgan fingerprint density at radius 1 is 1.25 bits per heavy atom. The topological polar surface area (TPSA) is 84.2 Å². The number of piperidine rings is 2. The third-order valence-corrected chi connectivity index (χ3v) is 6.15. The highest BCUT2D eigenvalue weighted by Gasteiger charge is 2.42. The third kappa shape index (κ3) is 3.76. The van der Waals surface area contributed by atoms with Gasteiger partial charge in [-0.2, -0.15) is 5.10 Å². The molecule has 0 aromatic carbocycles. The summed E-state index contributed by atoms with van der Waals surface area (Å²) in [4.78, 5) is 37.4. The fourth-order valence-corrected chi connectivity index (χ4v) is 4.34. The summed E-state index contributed by atoms with van der Waals surface area (Å²) in [6, 6.07) is 5.45. The summed E-state index contributed by atoms with van der Waals surface area (Å²) in [5, 5.41) is 4.08. The van der Waals surface area contributed by atoms with Crippen molar-refractivity contribution in [3.8, 4) is 0 Å². The molecule has 0 radical (unpaired) electrons. The van der Waals surface area contributed by atoms with Gasteiger partial charge in [0.2, 0.25) is 11.8 Å². The quantitative estimate of drug-likeness (QED) is 0.803. The first-order valence-electron chi connectivity index (χ1n) is 9.87. The molecule has 2 aromatic heterocycles. The molecule has 2 saturated heterocycles. The van der Waals surface area contributed by atoms with Crippen LogP contribution in [0.3, 0.4) is 0 Å². The Hall–Kier alpha value is -2.77. The standard InChI is InChI=1S/C20H26N6O2/c1-16(26-15-21-14-23-26)19(28)24-10-7-20(8-11-24)6-5-18(27)25(13-20)12-17-4-2-3-9-22-17/h2-4,9,14-16H,5-8,10-13H2,1H3/t16-/m0/s1. The van der Waals surface area contributed by atoms with Gasteiger partial charge in [-0.25, -0.2) is 9.67 Å². The minimum atomic E-state index is -0.342. The molecule has 0 saturated carbocycles. The largest absolute Gasteiger partial charge is 0.341 e. The van der Waals surface area contributed by atoms with E-state index in [1.807, 2.05) is 34.9 Å². The number of aromatic nitrogens is 4. The molecule has 0 bridgehead atoms. The predicted octanol–water partition coefficient (Wildman–Crippen LogP) is 1.67. The molecule has 2 fully saturated rings. The van der Waals surface area contributed by atoms with Crippen molar-refractivity contribution >= 4 is 11.8 Å². The number of nitrogens with zero attached hydrogens (tertiary/aromatic N) is 6. The van der Waals surface area contributed by atoms with E-state index in [2.05, 4.69) is 15.1 Å². The van der Waals surface area contributed by atoms with E-state index < -0.39 is 0 Å². The van der Waals surface area contributed by atoms with Gasteiger partial charge in [0.05, 0.1) is 12.2 Å². The molecule has 2 aliphatic rings. The van der Waals surface area contributed by atoms with Gasteiger partial charge in [0.15, 0.2) is 0 Å². The van der Waals surface area contributed by atoms with Gasteiger partial charge in [-0.3, -0.25) is 14.6 Å². The van der Waals surface area contributed by atoms with Crippen LogP contribution in [-0.2, 0) is 16.1 Å². The van der Waals surface area contributed by atoms with E-state index in [4.69, 9.17) is 0 Å². The Morgan fingerprint density at radius 3 is 2.75 bits per heavy atom. The van der Waals surface area contributed by atoms with Gasteiger partial charge in [0.25, 0.3) is 0 Å². The maximum absolute atomic E-state index is 12.8. The number of pyridine rings is 1. The molecule has 0 N–H and O–H groups in total. The van der Waals surface area contributed by atoms with Crippen molar-refractivity contribution in [1.82, 2.24) is 29.5 Å². The minimum Gasteiger partial charge on any atom is -0.341 e. The molecule has 8 heteroatoms. The number of carbonyl (C=O) groups is 2. The van der Waals surface area contributed by atoms with Crippen molar-refractivity contribution in [2.24, 2.45) is 5.41 Å². The first kappa shape index (κ1) is 18.6. The van der Waals surface area contributed by atoms with Crippen molar-refractivity contribution in [2.45, 2.75) is 45.2 Å². The van der Waals surface area contributed by atoms with E-state index in [1.165, 1.54) is 6.33 Å². The maximum Gasteiger partial charge on any atom is 0.247 e. The molecule has 1 spiro atoms. The summed E-state index contributed by atoms with van der Waals surface area (Å²) in [7, 11) is 0. The molecule has 2 amide bonds. The average molecular weight is 382 g/mol. The molecule has 4 heterocycles. The van der Waals surface area contributed by atoms with Crippen molar-refractivity contribution in [3.05, 3.63) is 42.7 Å². The van der Waals surface area contributed by atoms with E-state index in [0.717, 1.165) is 44.6 Å². The Bertz CT molecular complexity index is 814. The van der Waals surface area contributed by atoms with Gasteiger partial charge in [0, 0.05) is 32.3 Å². The Morgan fingerprint density at radius 2 is 2.07 bits per heavy atom. The fraction of sp³-hybridized carbons (Fsp3) is 0.550. The molecule has 8 nitrogen and oxygen atoms in total. The van der Waals surface area contributed by atoms with Crippen LogP contribution < -0.4 is 0 Å². The first-order valence-corrected chi connectivity index (χ1v) is 9.87. The Labute approximate surface area is 164 Å². The minimum absolute atomic E-state index is 0.0811. The summed E-state index contributed by atoms with van der Waals surface area (Å²) in [6.45, 7) is 4.62. The number of likely N-dealkylation sites (tertiary alicyclic amines) is 2. The zero-order chi connectivity index (χ0) is 19.6. The summed E-state index contributed by atoms with van der Waals surface area (Å²) in [5.41, 5.74) is 1.03. The molecular formula is C20H26N6O2. The zero-order valence-corrected chi connectivity index (χ0v) is 16.2. The fourth-order valence-electron chi connectivity index (χ4n) is 4.34. The molecule has 148 valence electrons. The molecule has 0 aliphatic carbocycles. The van der Waals surface area contributed by atoms with Crippen LogP contribution in [-0.4, -0.2) is 61.0 Å². The lowest BCUT2D eigenvalue weighted by molar-refractivity contribution is -0.144. The van der Waals surface area contributed by atoms with Crippen molar-refractivity contribution in [1.29, 1.82) is 0 Å². The van der Waals surface area contributed by atoms with Crippen LogP contribution in [0.5, 0.6) is 0 Å². The van der Waals surface area contributed by atoms with Crippen LogP contribution in [0, 0.1) is 5.41 Å². The Balaban J connectivity index is 1.37. The lowest BCUT2D eigenvalue weighted by Crippen LogP contribution is -2.52. The first-order chi connectivity index (χ1) is 13.6. The van der Waals surface area contributed by atoms with Gasteiger partial charge in [-0.05, 0) is 43.7 Å². The van der Waals surface area contributed by atoms with E-state index in [9.17, 15) is 9.59 Å². The highest BCUT2D eigenvalue weighted by atomic mass is 16.2. The maximum atomic E-state index is 12.8. The van der Waals surface area contributed by atoms with Gasteiger partial charge in [-0.1, -0.05) is 6.07 Å². The van der Waals surface area contributed by atoms with Crippen LogP contribution >= 0.6 is 0 Å². The van der Waals surface area contributed by atoms with Crippen LogP contribution in [0.15, 0.2) is 37.1 Å². The summed E-state index contributed by atoms with van der Waals surface area (Å²) >= 11 is 0. The number of hydrogen-bond acceptors (Lipinski definition) is 5. The molecule has 2 aliphatic heterocycles. The second-order valence-electron chi connectivity index (χ2n) is 7.95. The number of carbonyl (C=O) groups excluding carboxylic acids is 2. The van der Waals surface area contributed by atoms with Crippen LogP contribution in [0.25, 0.3) is 0 Å². The van der Waals surface area contributed by atoms with Crippen molar-refractivity contribution in [3.63, 3.8) is 0 Å². The van der Waals surface area contributed by atoms with E-state index >= 15 is 0 Å². The Kier molecular flexibility index (Phi) is 5.11. The average Bonchev–Trinajstić information content (AvgIpc) is 3.26. The second kappa shape index (κ2) is 7.69. The van der Waals surface area contributed by atoms with Gasteiger partial charge < -0.3 is 9.80 Å². The van der Waals surface area contributed by atoms with E-state index in [-0.39, 0.29) is 23.3 Å². The number of rotatable bonds is 4. The molecule has 4 rings (SSSR count). The number of hydrogen-bond donors (Lipinski definition) is 0. The smallest absolute Gasteiger partial charge is 0.247 e. The SMILES string of the molecule is C[C@@H](C(=O)N1CCC2(CCC(=O)N(Cc3ccccn3)C2)CC1)n1cncn1. The van der Waals surface area contributed by atoms with Crippen LogP contribution in [0.2, 0.25) is 0 Å². The summed E-state index contributed by atoms with van der Waals surface area (Å²) in [6.07, 6.45) is 8.13. The molecule has 28 heavy (non-hydrogen) atoms. The van der Waals surface area contributed by atoms with E-state index in [1.54, 1.807) is 17.2 Å². The highest BCUT2D eigenvalue weighted by Crippen LogP contribution is 2.40. The lowest BCUT2D eigenvalue weighted by atomic mass is 9.72. The normalized spacial score (nSPS) is 20.4. The van der Waals surface area contributed by atoms with Crippen molar-refractivity contribution in [2.75, 3.05) is 19.6 Å². The van der Waals surface area contributed by atoms with Crippen LogP contribution in [0.1, 0.15) is 44.3 Å². The van der Waals surface area contributed by atoms with E-state index in [0.29, 0.717) is 13.0 Å². The van der Waals surface area contributed by atoms with Gasteiger partial charge in [0.1, 0.15) is 18.7 Å². The van der Waals surface area contributed by atoms with Crippen LogP contribution in [0.4, 0.5) is 0 Å². The third-order valence-electron chi connectivity index (χ3n) is 6.15. The number of amides is 2. The summed E-state index contributed by atoms with van der Waals surface area (Å²) < 4.78 is 1.60. The second-order valence-corrected chi connectivity index (χ2v) is 7.95. The van der Waals surface area contributed by atoms with Crippen molar-refractivity contribution < 1.29 is 9.59 Å². The highest BCUT2D eigenvalue weighted by molar-refractivity contribution is 5.80. The lowest BCUT2D eigenvalue weighted by Gasteiger charge is -2.47. The monoisotopic (exact) mass is 382 g/mol. The molecule has 0 unspecified atom stereocenters. The van der Waals surface area contributed by atoms with Gasteiger partial charge >= 0.3 is 0 Å². The molecular weight excluding hydrogens is 356 g/mol. The molecule has 2 aromatic rings. The van der Waals surface area contributed by atoms with Gasteiger partial charge in [-0.15, -0.1) is 0 Å².